The number of rotatable bonds is 1. The average molecular weight is 345 g/mol. The number of benzene rings is 1. The van der Waals surface area contributed by atoms with Crippen molar-refractivity contribution in [3.05, 3.63) is 48.2 Å². The predicted octanol–water partition coefficient (Wildman–Crippen LogP) is 2.71. The van der Waals surface area contributed by atoms with Crippen LogP contribution in [0.3, 0.4) is 0 Å². The molecule has 0 heterocycles. The van der Waals surface area contributed by atoms with Gasteiger partial charge in [0.15, 0.2) is 0 Å². The maximum atomic E-state index is 7.12. The first-order valence-electron chi connectivity index (χ1n) is 2.76. The Hall–Kier alpha value is 0.202. The maximum Gasteiger partial charge on any atom is 0 e. The van der Waals surface area contributed by atoms with E-state index in [0.717, 1.165) is 5.56 Å². The van der Waals surface area contributed by atoms with Gasteiger partial charge in [0.25, 0.3) is 0 Å². The molecule has 0 spiro atoms. The van der Waals surface area contributed by atoms with Crippen molar-refractivity contribution in [2.75, 3.05) is 0 Å². The van der Waals surface area contributed by atoms with Crippen LogP contribution in [0.5, 0.6) is 0 Å². The molecular weight excluding hydrogens is 337 g/mol. The van der Waals surface area contributed by atoms with Crippen LogP contribution in [0.15, 0.2) is 36.9 Å². The molecule has 2 heteroatoms. The van der Waals surface area contributed by atoms with Crippen molar-refractivity contribution in [3.63, 3.8) is 0 Å². The fraction of sp³-hybridized carbons (Fsp3) is 0. The van der Waals surface area contributed by atoms with Crippen molar-refractivity contribution >= 4 is 5.70 Å². The second-order valence-electron chi connectivity index (χ2n) is 1.84. The summed E-state index contributed by atoms with van der Waals surface area (Å²) in [6.07, 6.45) is 0. The van der Waals surface area contributed by atoms with E-state index in [4.69, 9.17) is 5.73 Å². The van der Waals surface area contributed by atoms with Crippen LogP contribution in [-0.2, 0) is 0 Å². The fourth-order valence-corrected chi connectivity index (χ4v) is 0.639. The quantitative estimate of drug-likeness (QED) is 0.748. The molecule has 0 atom stereocenters. The molecule has 0 aliphatic carbocycles. The summed E-state index contributed by atoms with van der Waals surface area (Å²) in [5.74, 6) is 0. The Kier molecular flexibility index (Phi) is 5.03. The van der Waals surface area contributed by atoms with E-state index < -0.39 is 0 Å². The molecule has 1 aromatic rings. The molecule has 0 unspecified atom stereocenters. The number of nitrogens with one attached hydrogen (secondary N) is 1. The van der Waals surface area contributed by atoms with Crippen LogP contribution in [0.2, 0.25) is 0 Å². The summed E-state index contributed by atoms with van der Waals surface area (Å²) in [7, 11) is 0. The van der Waals surface area contributed by atoms with Crippen molar-refractivity contribution in [1.82, 2.24) is 0 Å². The molecule has 0 bridgehead atoms. The third-order valence-corrected chi connectivity index (χ3v) is 1.12. The largest absolute Gasteiger partial charge is 0.699 e. The van der Waals surface area contributed by atoms with Gasteiger partial charge in [-0.15, -0.1) is 12.3 Å². The molecule has 0 aliphatic rings. The fourth-order valence-electron chi connectivity index (χ4n) is 0.639. The molecule has 1 rings (SSSR count). The third-order valence-electron chi connectivity index (χ3n) is 1.12. The Balaban J connectivity index is 0.000000810. The second-order valence-corrected chi connectivity index (χ2v) is 1.84. The van der Waals surface area contributed by atoms with Crippen LogP contribution in [0.1, 0.15) is 5.56 Å². The molecule has 1 N–H and O–H groups in total. The molecule has 0 fully saturated rings. The molecule has 0 amide bonds. The Morgan fingerprint density at radius 2 is 1.70 bits per heavy atom. The van der Waals surface area contributed by atoms with Crippen LogP contribution < -0.4 is 0 Å². The van der Waals surface area contributed by atoms with E-state index in [0.29, 0.717) is 5.70 Å². The molecule has 1 aromatic carbocycles. The summed E-state index contributed by atoms with van der Waals surface area (Å²) in [5, 5.41) is 0. The van der Waals surface area contributed by atoms with Crippen LogP contribution >= 0.6 is 0 Å². The van der Waals surface area contributed by atoms with Gasteiger partial charge < -0.3 is 5.73 Å². The summed E-state index contributed by atoms with van der Waals surface area (Å²) in [6, 6.07) is 9.46. The van der Waals surface area contributed by atoms with Crippen LogP contribution in [0.25, 0.3) is 11.4 Å². The van der Waals surface area contributed by atoms with Crippen molar-refractivity contribution in [1.29, 1.82) is 0 Å². The zero-order valence-corrected chi connectivity index (χ0v) is 10.4. The van der Waals surface area contributed by atoms with Crippen molar-refractivity contribution < 1.29 is 44.1 Å². The predicted molar refractivity (Wildman–Crippen MR) is 39.8 cm³/mol. The van der Waals surface area contributed by atoms with E-state index in [1.54, 1.807) is 0 Å². The Labute approximate surface area is 96.9 Å². The monoisotopic (exact) mass is 345 g/mol. The second kappa shape index (κ2) is 4.93. The number of hydrogen-bond donors (Lipinski definition) is 0. The zero-order chi connectivity index (χ0) is 6.69. The van der Waals surface area contributed by atoms with Gasteiger partial charge in [0.2, 0.25) is 0 Å². The normalized spacial score (nSPS) is 8.00. The van der Waals surface area contributed by atoms with Gasteiger partial charge in [-0.3, -0.25) is 0 Å². The van der Waals surface area contributed by atoms with Crippen LogP contribution in [-0.4, -0.2) is 0 Å². The van der Waals surface area contributed by atoms with E-state index in [1.807, 2.05) is 30.3 Å². The average Bonchev–Trinajstić information content (AvgIpc) is 1.90. The zero-order valence-electron chi connectivity index (χ0n) is 5.67. The van der Waals surface area contributed by atoms with E-state index in [-0.39, 0.29) is 44.1 Å². The summed E-state index contributed by atoms with van der Waals surface area (Å²) in [5.41, 5.74) is 8.38. The smallest absolute Gasteiger partial charge is 0 e. The van der Waals surface area contributed by atoms with Gasteiger partial charge in [-0.05, 0) is 5.56 Å². The van der Waals surface area contributed by atoms with Gasteiger partial charge in [0.05, 0.1) is 0 Å². The molecular formula is C8H8AcN-. The first-order valence-corrected chi connectivity index (χ1v) is 2.76. The Bertz CT molecular complexity index is 206. The van der Waals surface area contributed by atoms with Crippen LogP contribution in [0.4, 0.5) is 0 Å². The molecule has 0 aliphatic heterocycles. The molecule has 0 saturated heterocycles. The van der Waals surface area contributed by atoms with Gasteiger partial charge in [0.1, 0.15) is 0 Å². The van der Waals surface area contributed by atoms with Crippen molar-refractivity contribution in [2.45, 2.75) is 0 Å². The van der Waals surface area contributed by atoms with Gasteiger partial charge in [-0.1, -0.05) is 30.3 Å². The Morgan fingerprint density at radius 1 is 1.20 bits per heavy atom. The first-order chi connectivity index (χ1) is 4.30. The van der Waals surface area contributed by atoms with Gasteiger partial charge in [-0.2, -0.15) is 0 Å². The van der Waals surface area contributed by atoms with E-state index in [2.05, 4.69) is 6.58 Å². The van der Waals surface area contributed by atoms with Crippen molar-refractivity contribution in [3.8, 4) is 0 Å². The summed E-state index contributed by atoms with van der Waals surface area (Å²) >= 11 is 0. The van der Waals surface area contributed by atoms with Gasteiger partial charge >= 0.3 is 0 Å². The summed E-state index contributed by atoms with van der Waals surface area (Å²) in [6.45, 7) is 3.49. The van der Waals surface area contributed by atoms with Crippen LogP contribution in [0, 0.1) is 44.1 Å². The standard InChI is InChI=1S/C8H8N.Ac/c1-7(9)8-5-3-2-4-6-8;/h2-6,9H,1H2;/q-1;. The third kappa shape index (κ3) is 2.86. The summed E-state index contributed by atoms with van der Waals surface area (Å²) < 4.78 is 0. The van der Waals surface area contributed by atoms with E-state index in [1.165, 1.54) is 0 Å². The van der Waals surface area contributed by atoms with Gasteiger partial charge in [-0.25, -0.2) is 0 Å². The Morgan fingerprint density at radius 3 is 2.00 bits per heavy atom. The maximum absolute atomic E-state index is 7.12. The minimum Gasteiger partial charge on any atom is -0.699 e. The molecule has 1 nitrogen and oxygen atoms in total. The molecule has 49 valence electrons. The minimum absolute atomic E-state index is 0. The molecule has 0 aromatic heterocycles. The van der Waals surface area contributed by atoms with Crippen molar-refractivity contribution in [2.24, 2.45) is 0 Å². The molecule has 10 heavy (non-hydrogen) atoms. The summed E-state index contributed by atoms with van der Waals surface area (Å²) in [4.78, 5) is 0. The van der Waals surface area contributed by atoms with E-state index in [9.17, 15) is 0 Å². The SMILES string of the molecule is C=C([NH-])c1ccccc1.[Ac]. The first kappa shape index (κ1) is 10.2. The van der Waals surface area contributed by atoms with E-state index >= 15 is 0 Å². The van der Waals surface area contributed by atoms with Gasteiger partial charge in [0, 0.05) is 44.1 Å². The molecule has 0 saturated carbocycles. The topological polar surface area (TPSA) is 23.8 Å². The minimum atomic E-state index is 0. The molecule has 1 radical (unpaired) electrons. The number of hydrogen-bond acceptors (Lipinski definition) is 0.